The van der Waals surface area contributed by atoms with Gasteiger partial charge in [0.05, 0.1) is 13.2 Å². The summed E-state index contributed by atoms with van der Waals surface area (Å²) in [6.45, 7) is 4.22. The number of thiophene rings is 1. The van der Waals surface area contributed by atoms with Gasteiger partial charge in [0, 0.05) is 15.8 Å². The Morgan fingerprint density at radius 2 is 2.53 bits per heavy atom. The Labute approximate surface area is 106 Å². The molecular weight excluding hydrogens is 234 g/mol. The van der Waals surface area contributed by atoms with E-state index in [1.807, 2.05) is 0 Å². The Balaban J connectivity index is 1.99. The Morgan fingerprint density at radius 1 is 1.65 bits per heavy atom. The van der Waals surface area contributed by atoms with Crippen molar-refractivity contribution in [3.63, 3.8) is 0 Å². The van der Waals surface area contributed by atoms with Crippen LogP contribution >= 0.6 is 11.3 Å². The summed E-state index contributed by atoms with van der Waals surface area (Å²) in [5, 5.41) is 12.8. The second kappa shape index (κ2) is 4.35. The Bertz CT molecular complexity index is 418. The van der Waals surface area contributed by atoms with Crippen LogP contribution in [0.25, 0.3) is 0 Å². The van der Waals surface area contributed by atoms with Gasteiger partial charge in [0.1, 0.15) is 5.60 Å². The minimum atomic E-state index is -0.0731. The molecule has 0 bridgehead atoms. The number of nitrogens with one attached hydrogen (secondary N) is 1. The van der Waals surface area contributed by atoms with Crippen LogP contribution in [-0.4, -0.2) is 24.3 Å². The predicted octanol–water partition coefficient (Wildman–Crippen LogP) is 1.78. The van der Waals surface area contributed by atoms with Crippen LogP contribution < -0.4 is 5.32 Å². The molecule has 4 heteroatoms. The van der Waals surface area contributed by atoms with Crippen molar-refractivity contribution in [3.05, 3.63) is 21.4 Å². The summed E-state index contributed by atoms with van der Waals surface area (Å²) in [4.78, 5) is 2.45. The van der Waals surface area contributed by atoms with Crippen LogP contribution in [0.3, 0.4) is 0 Å². The van der Waals surface area contributed by atoms with E-state index in [-0.39, 0.29) is 12.2 Å². The zero-order chi connectivity index (χ0) is 11.9. The van der Waals surface area contributed by atoms with Gasteiger partial charge in [-0.2, -0.15) is 0 Å². The Kier molecular flexibility index (Phi) is 2.99. The molecule has 17 heavy (non-hydrogen) atoms. The van der Waals surface area contributed by atoms with Gasteiger partial charge in [-0.1, -0.05) is 0 Å². The number of fused-ring (bicyclic) bond motifs is 2. The van der Waals surface area contributed by atoms with Crippen LogP contribution in [0.5, 0.6) is 0 Å². The predicted molar refractivity (Wildman–Crippen MR) is 68.3 cm³/mol. The molecule has 0 aliphatic carbocycles. The molecule has 0 amide bonds. The fourth-order valence-corrected chi connectivity index (χ4v) is 4.33. The maximum Gasteiger partial charge on any atom is 0.105 e. The number of aliphatic hydroxyl groups excluding tert-OH is 1. The number of hydrogen-bond acceptors (Lipinski definition) is 4. The summed E-state index contributed by atoms with van der Waals surface area (Å²) in [5.41, 5.74) is 1.33. The van der Waals surface area contributed by atoms with E-state index in [4.69, 9.17) is 4.74 Å². The van der Waals surface area contributed by atoms with Crippen molar-refractivity contribution >= 4 is 11.3 Å². The molecule has 3 nitrogen and oxygen atoms in total. The SMILES string of the molecule is C[C@H]1C[C@@]2(CCN1)OCCc1cc(CO)sc12. The first kappa shape index (κ1) is 11.7. The number of rotatable bonds is 1. The average molecular weight is 253 g/mol. The van der Waals surface area contributed by atoms with Crippen molar-refractivity contribution in [2.45, 2.75) is 44.4 Å². The van der Waals surface area contributed by atoms with Crippen LogP contribution in [0.4, 0.5) is 0 Å². The lowest BCUT2D eigenvalue weighted by Gasteiger charge is -2.42. The third-order valence-electron chi connectivity index (χ3n) is 3.84. The lowest BCUT2D eigenvalue weighted by atomic mass is 9.83. The molecule has 2 N–H and O–H groups in total. The first-order valence-corrected chi connectivity index (χ1v) is 7.15. The molecule has 2 aliphatic rings. The van der Waals surface area contributed by atoms with Gasteiger partial charge in [-0.25, -0.2) is 0 Å². The van der Waals surface area contributed by atoms with Gasteiger partial charge in [0.15, 0.2) is 0 Å². The molecule has 1 saturated heterocycles. The minimum Gasteiger partial charge on any atom is -0.391 e. The van der Waals surface area contributed by atoms with Crippen LogP contribution in [0.2, 0.25) is 0 Å². The maximum absolute atomic E-state index is 9.28. The van der Waals surface area contributed by atoms with E-state index in [0.717, 1.165) is 37.3 Å². The topological polar surface area (TPSA) is 41.5 Å². The van der Waals surface area contributed by atoms with E-state index in [9.17, 15) is 5.11 Å². The second-order valence-electron chi connectivity index (χ2n) is 5.13. The van der Waals surface area contributed by atoms with E-state index in [1.165, 1.54) is 10.4 Å². The summed E-state index contributed by atoms with van der Waals surface area (Å²) in [7, 11) is 0. The molecule has 94 valence electrons. The van der Waals surface area contributed by atoms with Crippen molar-refractivity contribution in [2.24, 2.45) is 0 Å². The highest BCUT2D eigenvalue weighted by atomic mass is 32.1. The van der Waals surface area contributed by atoms with E-state index in [0.29, 0.717) is 6.04 Å². The fraction of sp³-hybridized carbons (Fsp3) is 0.692. The molecule has 1 aromatic rings. The molecule has 2 aliphatic heterocycles. The monoisotopic (exact) mass is 253 g/mol. The summed E-state index contributed by atoms with van der Waals surface area (Å²) in [6.07, 6.45) is 3.09. The second-order valence-corrected chi connectivity index (χ2v) is 6.26. The third kappa shape index (κ3) is 1.93. The third-order valence-corrected chi connectivity index (χ3v) is 5.18. The van der Waals surface area contributed by atoms with Gasteiger partial charge in [-0.15, -0.1) is 11.3 Å². The molecule has 1 fully saturated rings. The molecule has 1 spiro atoms. The quantitative estimate of drug-likeness (QED) is 0.801. The highest BCUT2D eigenvalue weighted by Gasteiger charge is 2.42. The first-order valence-electron chi connectivity index (χ1n) is 6.34. The van der Waals surface area contributed by atoms with Gasteiger partial charge in [-0.3, -0.25) is 0 Å². The molecule has 0 aromatic carbocycles. The van der Waals surface area contributed by atoms with Crippen molar-refractivity contribution in [3.8, 4) is 0 Å². The van der Waals surface area contributed by atoms with E-state index in [1.54, 1.807) is 11.3 Å². The minimum absolute atomic E-state index is 0.0731. The zero-order valence-electron chi connectivity index (χ0n) is 10.2. The highest BCUT2D eigenvalue weighted by molar-refractivity contribution is 7.12. The standard InChI is InChI=1S/C13H19NO2S/c1-9-7-13(3-4-14-9)12-10(2-5-16-13)6-11(8-15)17-12/h6,9,14-15H,2-5,7-8H2,1H3/t9-,13+/m0/s1. The van der Waals surface area contributed by atoms with E-state index < -0.39 is 0 Å². The normalized spacial score (nSPS) is 32.7. The van der Waals surface area contributed by atoms with Crippen molar-refractivity contribution in [2.75, 3.05) is 13.2 Å². The van der Waals surface area contributed by atoms with Gasteiger partial charge in [0.25, 0.3) is 0 Å². The first-order chi connectivity index (χ1) is 8.23. The average Bonchev–Trinajstić information content (AvgIpc) is 2.74. The number of piperidine rings is 1. The van der Waals surface area contributed by atoms with Crippen molar-refractivity contribution < 1.29 is 9.84 Å². The number of hydrogen-bond donors (Lipinski definition) is 2. The highest BCUT2D eigenvalue weighted by Crippen LogP contribution is 2.45. The van der Waals surface area contributed by atoms with E-state index >= 15 is 0 Å². The largest absolute Gasteiger partial charge is 0.391 e. The van der Waals surface area contributed by atoms with Gasteiger partial charge >= 0.3 is 0 Å². The summed E-state index contributed by atoms with van der Waals surface area (Å²) >= 11 is 1.74. The molecule has 0 saturated carbocycles. The lowest BCUT2D eigenvalue weighted by molar-refractivity contribution is -0.0848. The van der Waals surface area contributed by atoms with Crippen molar-refractivity contribution in [1.82, 2.24) is 5.32 Å². The molecule has 0 unspecified atom stereocenters. The van der Waals surface area contributed by atoms with Crippen LogP contribution in [-0.2, 0) is 23.4 Å². The summed E-state index contributed by atoms with van der Waals surface area (Å²) in [6, 6.07) is 2.67. The van der Waals surface area contributed by atoms with Crippen LogP contribution in [0.15, 0.2) is 6.07 Å². The molecule has 1 aromatic heterocycles. The molecule has 3 rings (SSSR count). The van der Waals surface area contributed by atoms with Gasteiger partial charge < -0.3 is 15.2 Å². The smallest absolute Gasteiger partial charge is 0.105 e. The molecule has 2 atom stereocenters. The number of aliphatic hydroxyl groups is 1. The molecule has 3 heterocycles. The van der Waals surface area contributed by atoms with Crippen molar-refractivity contribution in [1.29, 1.82) is 0 Å². The number of ether oxygens (including phenoxy) is 1. The summed E-state index contributed by atoms with van der Waals surface area (Å²) in [5.74, 6) is 0. The molecular formula is C13H19NO2S. The zero-order valence-corrected chi connectivity index (χ0v) is 11.0. The maximum atomic E-state index is 9.28. The van der Waals surface area contributed by atoms with Crippen LogP contribution in [0.1, 0.15) is 35.1 Å². The fourth-order valence-electron chi connectivity index (χ4n) is 3.08. The van der Waals surface area contributed by atoms with Gasteiger partial charge in [0.2, 0.25) is 0 Å². The Hall–Kier alpha value is -0.420. The van der Waals surface area contributed by atoms with Crippen LogP contribution in [0, 0.1) is 0 Å². The Morgan fingerprint density at radius 3 is 3.29 bits per heavy atom. The lowest BCUT2D eigenvalue weighted by Crippen LogP contribution is -2.48. The van der Waals surface area contributed by atoms with E-state index in [2.05, 4.69) is 18.3 Å². The van der Waals surface area contributed by atoms with Gasteiger partial charge in [-0.05, 0) is 44.4 Å². The molecule has 0 radical (unpaired) electrons. The summed E-state index contributed by atoms with van der Waals surface area (Å²) < 4.78 is 6.15.